The monoisotopic (exact) mass is 373 g/mol. The zero-order chi connectivity index (χ0) is 19.3. The average Bonchev–Trinajstić information content (AvgIpc) is 3.33. The van der Waals surface area contributed by atoms with Gasteiger partial charge in [0.05, 0.1) is 17.4 Å². The molecule has 1 atom stereocenters. The molecule has 0 aliphatic carbocycles. The maximum atomic E-state index is 16.0. The number of aryl methyl sites for hydroxylation is 1. The van der Waals surface area contributed by atoms with E-state index in [1.165, 1.54) is 6.92 Å². The predicted octanol–water partition coefficient (Wildman–Crippen LogP) is 4.40. The van der Waals surface area contributed by atoms with Crippen molar-refractivity contribution in [2.24, 2.45) is 7.05 Å². The Morgan fingerprint density at radius 2 is 2.04 bits per heavy atom. The number of hydrogen-bond acceptors (Lipinski definition) is 5. The van der Waals surface area contributed by atoms with Crippen molar-refractivity contribution in [2.75, 3.05) is 0 Å². The normalized spacial score (nSPS) is 13.8. The molecule has 0 spiro atoms. The fourth-order valence-corrected chi connectivity index (χ4v) is 3.35. The Morgan fingerprint density at radius 3 is 2.86 bits per heavy atom. The summed E-state index contributed by atoms with van der Waals surface area (Å²) in [4.78, 5) is 8.90. The molecule has 0 amide bonds. The number of rotatable bonds is 3. The van der Waals surface area contributed by atoms with Crippen molar-refractivity contribution < 1.29 is 8.91 Å². The summed E-state index contributed by atoms with van der Waals surface area (Å²) in [6, 6.07) is 12.6. The molecular formula is C21H16FN5O. The summed E-state index contributed by atoms with van der Waals surface area (Å²) >= 11 is 0. The van der Waals surface area contributed by atoms with Gasteiger partial charge in [-0.15, -0.1) is 0 Å². The number of halogens is 1. The number of alkyl halides is 1. The van der Waals surface area contributed by atoms with Crippen molar-refractivity contribution in [3.63, 3.8) is 0 Å². The Bertz CT molecular complexity index is 1320. The molecule has 138 valence electrons. The zero-order valence-corrected chi connectivity index (χ0v) is 15.3. The second kappa shape index (κ2) is 5.95. The molecule has 1 unspecified atom stereocenters. The smallest absolute Gasteiger partial charge is 0.185 e. The van der Waals surface area contributed by atoms with Crippen molar-refractivity contribution in [1.82, 2.24) is 24.9 Å². The summed E-state index contributed by atoms with van der Waals surface area (Å²) in [6.07, 6.45) is 5.28. The second-order valence-electron chi connectivity index (χ2n) is 6.89. The molecule has 1 aromatic carbocycles. The fraction of sp³-hybridized carbons (Fsp3) is 0.143. The van der Waals surface area contributed by atoms with Gasteiger partial charge in [0.25, 0.3) is 0 Å². The van der Waals surface area contributed by atoms with Crippen molar-refractivity contribution >= 4 is 22.0 Å². The lowest BCUT2D eigenvalue weighted by atomic mass is 9.92. The number of aromatic nitrogens is 5. The van der Waals surface area contributed by atoms with Crippen LogP contribution in [0.25, 0.3) is 33.3 Å². The largest absolute Gasteiger partial charge is 0.354 e. The number of fused-ring (bicyclic) bond motifs is 2. The maximum absolute atomic E-state index is 16.0. The maximum Gasteiger partial charge on any atom is 0.185 e. The first kappa shape index (κ1) is 16.6. The van der Waals surface area contributed by atoms with Crippen LogP contribution in [0.2, 0.25) is 0 Å². The molecule has 0 bridgehead atoms. The first-order chi connectivity index (χ1) is 13.5. The first-order valence-electron chi connectivity index (χ1n) is 8.82. The Balaban J connectivity index is 1.65. The van der Waals surface area contributed by atoms with Gasteiger partial charge >= 0.3 is 0 Å². The van der Waals surface area contributed by atoms with Crippen LogP contribution in [0.4, 0.5) is 4.39 Å². The predicted molar refractivity (Wildman–Crippen MR) is 103 cm³/mol. The molecule has 0 saturated heterocycles. The van der Waals surface area contributed by atoms with E-state index in [2.05, 4.69) is 20.2 Å². The van der Waals surface area contributed by atoms with E-state index in [1.807, 2.05) is 31.4 Å². The van der Waals surface area contributed by atoms with E-state index in [9.17, 15) is 0 Å². The molecule has 0 aliphatic rings. The third-order valence-corrected chi connectivity index (χ3v) is 4.91. The summed E-state index contributed by atoms with van der Waals surface area (Å²) in [6.45, 7) is 1.47. The minimum Gasteiger partial charge on any atom is -0.354 e. The van der Waals surface area contributed by atoms with E-state index < -0.39 is 5.67 Å². The Kier molecular flexibility index (Phi) is 3.52. The molecule has 0 radical (unpaired) electrons. The molecule has 0 N–H and O–H groups in total. The van der Waals surface area contributed by atoms with Crippen LogP contribution in [-0.2, 0) is 12.7 Å². The quantitative estimate of drug-likeness (QED) is 0.469. The highest BCUT2D eigenvalue weighted by atomic mass is 19.1. The van der Waals surface area contributed by atoms with Crippen LogP contribution in [0, 0.1) is 0 Å². The van der Waals surface area contributed by atoms with Crippen molar-refractivity contribution in [2.45, 2.75) is 12.6 Å². The van der Waals surface area contributed by atoms with Crippen LogP contribution in [0.1, 0.15) is 18.2 Å². The topological polar surface area (TPSA) is 69.6 Å². The number of benzene rings is 1. The summed E-state index contributed by atoms with van der Waals surface area (Å²) in [5, 5.41) is 9.04. The Hall–Kier alpha value is -3.61. The summed E-state index contributed by atoms with van der Waals surface area (Å²) in [7, 11) is 1.83. The van der Waals surface area contributed by atoms with Gasteiger partial charge in [0.1, 0.15) is 5.52 Å². The number of hydrogen-bond donors (Lipinski definition) is 0. The molecule has 4 heterocycles. The van der Waals surface area contributed by atoms with Crippen molar-refractivity contribution in [1.29, 1.82) is 0 Å². The minimum atomic E-state index is -1.88. The van der Waals surface area contributed by atoms with Gasteiger partial charge in [0, 0.05) is 30.4 Å². The van der Waals surface area contributed by atoms with E-state index in [0.717, 1.165) is 16.5 Å². The molecule has 4 aromatic heterocycles. The van der Waals surface area contributed by atoms with Gasteiger partial charge in [0.15, 0.2) is 16.9 Å². The van der Waals surface area contributed by atoms with E-state index in [-0.39, 0.29) is 5.69 Å². The lowest BCUT2D eigenvalue weighted by Crippen LogP contribution is -2.18. The van der Waals surface area contributed by atoms with Gasteiger partial charge in [-0.05, 0) is 42.8 Å². The zero-order valence-electron chi connectivity index (χ0n) is 15.3. The third-order valence-electron chi connectivity index (χ3n) is 4.91. The first-order valence-corrected chi connectivity index (χ1v) is 8.82. The van der Waals surface area contributed by atoms with Crippen LogP contribution in [0.3, 0.4) is 0 Å². The average molecular weight is 373 g/mol. The van der Waals surface area contributed by atoms with Crippen molar-refractivity contribution in [3.05, 3.63) is 72.3 Å². The molecule has 0 saturated carbocycles. The molecule has 28 heavy (non-hydrogen) atoms. The van der Waals surface area contributed by atoms with Gasteiger partial charge in [-0.3, -0.25) is 9.67 Å². The highest BCUT2D eigenvalue weighted by Gasteiger charge is 2.35. The molecule has 5 rings (SSSR count). The lowest BCUT2D eigenvalue weighted by molar-refractivity contribution is 0.235. The number of pyridine rings is 2. The van der Waals surface area contributed by atoms with Gasteiger partial charge in [0.2, 0.25) is 0 Å². The van der Waals surface area contributed by atoms with E-state index in [0.29, 0.717) is 22.4 Å². The molecule has 6 nitrogen and oxygen atoms in total. The van der Waals surface area contributed by atoms with Crippen LogP contribution >= 0.6 is 0 Å². The third kappa shape index (κ3) is 2.55. The highest BCUT2D eigenvalue weighted by molar-refractivity contribution is 5.82. The molecule has 0 fully saturated rings. The van der Waals surface area contributed by atoms with Crippen molar-refractivity contribution in [3.8, 4) is 11.3 Å². The van der Waals surface area contributed by atoms with Crippen LogP contribution < -0.4 is 0 Å². The second-order valence-corrected chi connectivity index (χ2v) is 6.89. The molecule has 7 heteroatoms. The van der Waals surface area contributed by atoms with E-state index in [4.69, 9.17) is 4.52 Å². The van der Waals surface area contributed by atoms with E-state index >= 15 is 4.39 Å². The van der Waals surface area contributed by atoms with Gasteiger partial charge in [-0.25, -0.2) is 9.37 Å². The van der Waals surface area contributed by atoms with E-state index in [1.54, 1.807) is 41.3 Å². The Morgan fingerprint density at radius 1 is 1.14 bits per heavy atom. The van der Waals surface area contributed by atoms with Crippen LogP contribution in [0.5, 0.6) is 0 Å². The minimum absolute atomic E-state index is 0.150. The van der Waals surface area contributed by atoms with Gasteiger partial charge < -0.3 is 4.52 Å². The number of nitrogens with zero attached hydrogens (tertiary/aromatic N) is 5. The van der Waals surface area contributed by atoms with Gasteiger partial charge in [-0.1, -0.05) is 17.3 Å². The highest BCUT2D eigenvalue weighted by Crippen LogP contribution is 2.38. The molecular weight excluding hydrogens is 357 g/mol. The summed E-state index contributed by atoms with van der Waals surface area (Å²) < 4.78 is 23.0. The molecule has 0 aliphatic heterocycles. The van der Waals surface area contributed by atoms with Gasteiger partial charge in [-0.2, -0.15) is 5.10 Å². The van der Waals surface area contributed by atoms with Crippen LogP contribution in [-0.4, -0.2) is 24.9 Å². The lowest BCUT2D eigenvalue weighted by Gasteiger charge is -2.18. The fourth-order valence-electron chi connectivity index (χ4n) is 3.35. The summed E-state index contributed by atoms with van der Waals surface area (Å²) in [5.74, 6) is 0. The standard InChI is InChI=1S/C21H16FN5O/c1-21(22,15-5-6-16-13(10-15)4-3-9-23-16)20-19-18(28-26-20)8-7-17(25-19)14-11-24-27(2)12-14/h3-12H,1-2H3. The van der Waals surface area contributed by atoms with Crippen LogP contribution in [0.15, 0.2) is 65.6 Å². The molecule has 5 aromatic rings. The Labute approximate surface area is 159 Å². The SMILES string of the molecule is Cn1cc(-c2ccc3onc(C(C)(F)c4ccc5ncccc5c4)c3n2)cn1. The summed E-state index contributed by atoms with van der Waals surface area (Å²) in [5.41, 5.74) is 1.91.